The Morgan fingerprint density at radius 1 is 1.13 bits per heavy atom. The van der Waals surface area contributed by atoms with Gasteiger partial charge in [-0.05, 0) is 45.7 Å². The van der Waals surface area contributed by atoms with E-state index in [1.54, 1.807) is 27.7 Å². The molecule has 3 heterocycles. The van der Waals surface area contributed by atoms with Crippen molar-refractivity contribution in [2.24, 2.45) is 0 Å². The van der Waals surface area contributed by atoms with Gasteiger partial charge >= 0.3 is 6.09 Å². The first kappa shape index (κ1) is 28.1. The van der Waals surface area contributed by atoms with E-state index in [1.807, 2.05) is 6.92 Å². The fraction of sp³-hybridized carbons (Fsp3) is 0.423. The molecule has 0 aliphatic carbocycles. The lowest BCUT2D eigenvalue weighted by molar-refractivity contribution is 0.0449. The van der Waals surface area contributed by atoms with Gasteiger partial charge in [0, 0.05) is 25.2 Å². The zero-order chi connectivity index (χ0) is 28.5. The van der Waals surface area contributed by atoms with E-state index < -0.39 is 34.3 Å². The van der Waals surface area contributed by atoms with Crippen molar-refractivity contribution in [3.63, 3.8) is 0 Å². The number of nitrogens with zero attached hydrogens (tertiary/aromatic N) is 5. The molecule has 0 atom stereocenters. The van der Waals surface area contributed by atoms with Crippen LogP contribution in [0, 0.1) is 11.6 Å². The van der Waals surface area contributed by atoms with Crippen LogP contribution in [-0.4, -0.2) is 42.5 Å². The van der Waals surface area contributed by atoms with Crippen LogP contribution in [0.1, 0.15) is 58.0 Å². The molecule has 0 N–H and O–H groups in total. The van der Waals surface area contributed by atoms with E-state index in [9.17, 15) is 23.2 Å². The van der Waals surface area contributed by atoms with Crippen molar-refractivity contribution in [1.82, 2.24) is 24.2 Å². The second-order valence-corrected chi connectivity index (χ2v) is 10.9. The normalized spacial score (nSPS) is 11.8. The molecule has 4 aromatic rings. The third-order valence-electron chi connectivity index (χ3n) is 5.67. The number of carbonyl (C=O) groups is 1. The number of aromatic nitrogens is 5. The van der Waals surface area contributed by atoms with E-state index in [1.165, 1.54) is 16.8 Å². The van der Waals surface area contributed by atoms with E-state index in [2.05, 4.69) is 10.2 Å². The van der Waals surface area contributed by atoms with E-state index >= 15 is 0 Å². The van der Waals surface area contributed by atoms with E-state index in [0.717, 1.165) is 39.4 Å². The number of benzene rings is 1. The van der Waals surface area contributed by atoms with Crippen molar-refractivity contribution < 1.29 is 23.0 Å². The van der Waals surface area contributed by atoms with Crippen LogP contribution in [-0.2, 0) is 17.7 Å². The molecule has 0 unspecified atom stereocenters. The average molecular weight is 562 g/mol. The van der Waals surface area contributed by atoms with Gasteiger partial charge in [-0.2, -0.15) is 0 Å². The van der Waals surface area contributed by atoms with Crippen LogP contribution < -0.4 is 15.7 Å². The topological polar surface area (TPSA) is 110 Å². The summed E-state index contributed by atoms with van der Waals surface area (Å²) in [6, 6.07) is 3.25. The Kier molecular flexibility index (Phi) is 8.00. The van der Waals surface area contributed by atoms with Gasteiger partial charge in [-0.1, -0.05) is 30.7 Å². The molecule has 3 aromatic heterocycles. The standard InChI is InChI=1S/C26H29F2N5O5S/c1-6-8-11-37-22-20-24(35)31(7-2)33(25(36)38-26(3,4)5)32(20)14-17(21(22)34)23-30-29-19(39-23)12-15-9-10-16(27)13-18(15)28/h9-10,13-14H,6-8,11-12H2,1-5H3. The number of carbonyl (C=O) groups excluding carboxylic acids is 1. The summed E-state index contributed by atoms with van der Waals surface area (Å²) < 4.78 is 41.2. The van der Waals surface area contributed by atoms with E-state index in [4.69, 9.17) is 9.47 Å². The molecule has 39 heavy (non-hydrogen) atoms. The zero-order valence-electron chi connectivity index (χ0n) is 22.3. The number of pyridine rings is 1. The molecule has 0 aliphatic heterocycles. The van der Waals surface area contributed by atoms with Crippen LogP contribution in [0.5, 0.6) is 5.75 Å². The molecule has 13 heteroatoms. The van der Waals surface area contributed by atoms with Gasteiger partial charge in [0.25, 0.3) is 5.56 Å². The Bertz CT molecular complexity index is 1650. The predicted octanol–water partition coefficient (Wildman–Crippen LogP) is 4.63. The fourth-order valence-electron chi connectivity index (χ4n) is 3.88. The van der Waals surface area contributed by atoms with Crippen molar-refractivity contribution in [2.75, 3.05) is 6.61 Å². The number of ether oxygens (including phenoxy) is 2. The van der Waals surface area contributed by atoms with Crippen LogP contribution in [0.4, 0.5) is 13.6 Å². The second-order valence-electron chi connectivity index (χ2n) is 9.80. The van der Waals surface area contributed by atoms with Gasteiger partial charge in [-0.15, -0.1) is 15.0 Å². The maximum absolute atomic E-state index is 14.2. The summed E-state index contributed by atoms with van der Waals surface area (Å²) in [5.41, 5.74) is -1.90. The highest BCUT2D eigenvalue weighted by Crippen LogP contribution is 2.27. The summed E-state index contributed by atoms with van der Waals surface area (Å²) in [5, 5.41) is 8.75. The van der Waals surface area contributed by atoms with Crippen molar-refractivity contribution in [1.29, 1.82) is 0 Å². The maximum Gasteiger partial charge on any atom is 0.449 e. The quantitative estimate of drug-likeness (QED) is 0.289. The van der Waals surface area contributed by atoms with Gasteiger partial charge in [-0.25, -0.2) is 22.8 Å². The molecule has 0 aliphatic rings. The van der Waals surface area contributed by atoms with Gasteiger partial charge in [-0.3, -0.25) is 9.59 Å². The number of hydrogen-bond acceptors (Lipinski definition) is 8. The minimum atomic E-state index is -0.853. The Labute approximate surface area is 226 Å². The number of fused-ring (bicyclic) bond motifs is 1. The van der Waals surface area contributed by atoms with E-state index in [0.29, 0.717) is 11.4 Å². The van der Waals surface area contributed by atoms with Crippen LogP contribution in [0.2, 0.25) is 0 Å². The van der Waals surface area contributed by atoms with Crippen LogP contribution in [0.3, 0.4) is 0 Å². The number of rotatable bonds is 8. The lowest BCUT2D eigenvalue weighted by Crippen LogP contribution is -2.34. The van der Waals surface area contributed by atoms with E-state index in [-0.39, 0.29) is 47.0 Å². The molecule has 0 radical (unpaired) electrons. The highest BCUT2D eigenvalue weighted by atomic mass is 32.1. The summed E-state index contributed by atoms with van der Waals surface area (Å²) >= 11 is 1.03. The third-order valence-corrected chi connectivity index (χ3v) is 6.63. The minimum Gasteiger partial charge on any atom is -0.487 e. The highest BCUT2D eigenvalue weighted by molar-refractivity contribution is 7.14. The van der Waals surface area contributed by atoms with Crippen molar-refractivity contribution in [3.8, 4) is 16.3 Å². The van der Waals surface area contributed by atoms with Crippen molar-refractivity contribution in [2.45, 2.75) is 66.0 Å². The molecule has 208 valence electrons. The predicted molar refractivity (Wildman–Crippen MR) is 142 cm³/mol. The Hall–Kier alpha value is -3.87. The first-order valence-electron chi connectivity index (χ1n) is 12.5. The molecule has 0 amide bonds. The third kappa shape index (κ3) is 5.77. The first-order valence-corrected chi connectivity index (χ1v) is 13.3. The van der Waals surface area contributed by atoms with Gasteiger partial charge in [0.2, 0.25) is 5.43 Å². The molecule has 0 saturated heterocycles. The van der Waals surface area contributed by atoms with Crippen LogP contribution in [0.15, 0.2) is 34.0 Å². The Balaban J connectivity index is 1.89. The average Bonchev–Trinajstić information content (AvgIpc) is 3.43. The molecular formula is C26H29F2N5O5S. The monoisotopic (exact) mass is 561 g/mol. The molecular weight excluding hydrogens is 532 g/mol. The van der Waals surface area contributed by atoms with Crippen molar-refractivity contribution in [3.05, 3.63) is 67.2 Å². The number of hydrogen-bond donors (Lipinski definition) is 0. The summed E-state index contributed by atoms with van der Waals surface area (Å²) in [6.07, 6.45) is 1.96. The van der Waals surface area contributed by atoms with Gasteiger partial charge < -0.3 is 9.47 Å². The number of unbranched alkanes of at least 4 members (excludes halogenated alkanes) is 1. The van der Waals surface area contributed by atoms with Gasteiger partial charge in [0.1, 0.15) is 22.2 Å². The second kappa shape index (κ2) is 11.1. The molecule has 0 bridgehead atoms. The molecule has 0 spiro atoms. The first-order chi connectivity index (χ1) is 18.4. The summed E-state index contributed by atoms with van der Waals surface area (Å²) in [7, 11) is 0. The zero-order valence-corrected chi connectivity index (χ0v) is 23.1. The smallest absolute Gasteiger partial charge is 0.449 e. The van der Waals surface area contributed by atoms with Gasteiger partial charge in [0.05, 0.1) is 12.2 Å². The SMILES string of the molecule is CCCCOc1c(=O)c(-c2nnc(Cc3ccc(F)cc3F)s2)cn2c1c(=O)n(CC)n2C(=O)OC(C)(C)C. The molecule has 1 aromatic carbocycles. The Morgan fingerprint density at radius 2 is 1.87 bits per heavy atom. The summed E-state index contributed by atoms with van der Waals surface area (Å²) in [4.78, 5) is 41.2. The van der Waals surface area contributed by atoms with Crippen molar-refractivity contribution >= 4 is 22.9 Å². The molecule has 4 rings (SSSR count). The fourth-order valence-corrected chi connectivity index (χ4v) is 4.75. The van der Waals surface area contributed by atoms with Gasteiger partial charge in [0.15, 0.2) is 16.3 Å². The summed E-state index contributed by atoms with van der Waals surface area (Å²) in [6.45, 7) is 9.03. The molecule has 0 fully saturated rings. The Morgan fingerprint density at radius 3 is 2.51 bits per heavy atom. The number of halogens is 2. The highest BCUT2D eigenvalue weighted by Gasteiger charge is 2.28. The molecule has 0 saturated carbocycles. The lowest BCUT2D eigenvalue weighted by atomic mass is 10.1. The molecule has 10 nitrogen and oxygen atoms in total. The van der Waals surface area contributed by atoms with Crippen LogP contribution >= 0.6 is 11.3 Å². The lowest BCUT2D eigenvalue weighted by Gasteiger charge is -2.21. The maximum atomic E-state index is 14.2. The largest absolute Gasteiger partial charge is 0.487 e. The minimum absolute atomic E-state index is 0.0298. The summed E-state index contributed by atoms with van der Waals surface area (Å²) in [5.74, 6) is -1.62. The van der Waals surface area contributed by atoms with Crippen LogP contribution in [0.25, 0.3) is 16.1 Å².